The largest absolute Gasteiger partial charge is 0.359 e. The van der Waals surface area contributed by atoms with Gasteiger partial charge in [-0.1, -0.05) is 24.3 Å². The topological polar surface area (TPSA) is 78.5 Å². The van der Waals surface area contributed by atoms with Gasteiger partial charge in [-0.2, -0.15) is 0 Å². The van der Waals surface area contributed by atoms with Crippen LogP contribution in [0, 0.1) is 12.8 Å². The molecule has 3 amide bonds. The van der Waals surface area contributed by atoms with Gasteiger partial charge in [-0.25, -0.2) is 0 Å². The van der Waals surface area contributed by atoms with Gasteiger partial charge in [0, 0.05) is 37.0 Å². The van der Waals surface area contributed by atoms with Crippen LogP contribution < -0.4 is 10.6 Å². The molecule has 0 unspecified atom stereocenters. The van der Waals surface area contributed by atoms with E-state index in [-0.39, 0.29) is 23.6 Å². The number of aryl methyl sites for hydroxylation is 1. The summed E-state index contributed by atoms with van der Waals surface area (Å²) < 4.78 is 0. The van der Waals surface area contributed by atoms with E-state index in [1.807, 2.05) is 25.1 Å². The smallest absolute Gasteiger partial charge is 0.255 e. The molecule has 6 nitrogen and oxygen atoms in total. The molecule has 0 spiro atoms. The number of likely N-dealkylation sites (tertiary alicyclic amines) is 1. The van der Waals surface area contributed by atoms with E-state index in [0.717, 1.165) is 18.4 Å². The Labute approximate surface area is 164 Å². The van der Waals surface area contributed by atoms with Gasteiger partial charge in [-0.3, -0.25) is 14.4 Å². The summed E-state index contributed by atoms with van der Waals surface area (Å²) in [5, 5.41) is 5.52. The minimum atomic E-state index is -0.208. The van der Waals surface area contributed by atoms with Crippen LogP contribution in [0.5, 0.6) is 0 Å². The average molecular weight is 379 g/mol. The van der Waals surface area contributed by atoms with Gasteiger partial charge in [0.25, 0.3) is 11.8 Å². The first-order chi connectivity index (χ1) is 13.5. The highest BCUT2D eigenvalue weighted by molar-refractivity contribution is 6.06. The minimum absolute atomic E-state index is 0.0308. The predicted octanol–water partition coefficient (Wildman–Crippen LogP) is 2.85. The Kier molecular flexibility index (Phi) is 6.09. The minimum Gasteiger partial charge on any atom is -0.359 e. The first kappa shape index (κ1) is 19.6. The van der Waals surface area contributed by atoms with Crippen molar-refractivity contribution in [3.8, 4) is 0 Å². The molecule has 1 aliphatic heterocycles. The van der Waals surface area contributed by atoms with E-state index in [2.05, 4.69) is 10.6 Å². The highest BCUT2D eigenvalue weighted by Crippen LogP contribution is 2.21. The predicted molar refractivity (Wildman–Crippen MR) is 108 cm³/mol. The summed E-state index contributed by atoms with van der Waals surface area (Å²) in [7, 11) is 1.61. The molecule has 2 aromatic rings. The Morgan fingerprint density at radius 3 is 2.61 bits per heavy atom. The van der Waals surface area contributed by atoms with Crippen molar-refractivity contribution in [2.45, 2.75) is 19.8 Å². The van der Waals surface area contributed by atoms with Gasteiger partial charge < -0.3 is 15.5 Å². The molecular formula is C22H25N3O3. The van der Waals surface area contributed by atoms with E-state index in [4.69, 9.17) is 0 Å². The lowest BCUT2D eigenvalue weighted by atomic mass is 9.96. The molecule has 0 aliphatic carbocycles. The normalized spacial score (nSPS) is 16.4. The first-order valence-electron chi connectivity index (χ1n) is 9.47. The molecule has 146 valence electrons. The highest BCUT2D eigenvalue weighted by Gasteiger charge is 2.28. The summed E-state index contributed by atoms with van der Waals surface area (Å²) in [5.41, 5.74) is 2.56. The number of amides is 3. The average Bonchev–Trinajstić information content (AvgIpc) is 2.73. The van der Waals surface area contributed by atoms with Crippen molar-refractivity contribution in [2.75, 3.05) is 25.5 Å². The second-order valence-corrected chi connectivity index (χ2v) is 7.05. The van der Waals surface area contributed by atoms with Crippen LogP contribution in [-0.2, 0) is 4.79 Å². The molecule has 1 fully saturated rings. The van der Waals surface area contributed by atoms with E-state index >= 15 is 0 Å². The van der Waals surface area contributed by atoms with E-state index < -0.39 is 0 Å². The second-order valence-electron chi connectivity index (χ2n) is 7.05. The van der Waals surface area contributed by atoms with Gasteiger partial charge >= 0.3 is 0 Å². The first-order valence-corrected chi connectivity index (χ1v) is 9.47. The summed E-state index contributed by atoms with van der Waals surface area (Å²) in [5.74, 6) is -0.538. The third-order valence-electron chi connectivity index (χ3n) is 5.08. The van der Waals surface area contributed by atoms with Crippen LogP contribution in [0.2, 0.25) is 0 Å². The Morgan fingerprint density at radius 2 is 1.86 bits per heavy atom. The third-order valence-corrected chi connectivity index (χ3v) is 5.08. The molecule has 28 heavy (non-hydrogen) atoms. The summed E-state index contributed by atoms with van der Waals surface area (Å²) >= 11 is 0. The molecule has 0 aromatic heterocycles. The van der Waals surface area contributed by atoms with Crippen LogP contribution in [0.3, 0.4) is 0 Å². The van der Waals surface area contributed by atoms with Crippen LogP contribution in [0.15, 0.2) is 48.5 Å². The fourth-order valence-electron chi connectivity index (χ4n) is 3.52. The Balaban J connectivity index is 1.72. The fourth-order valence-corrected chi connectivity index (χ4v) is 3.52. The lowest BCUT2D eigenvalue weighted by molar-refractivity contribution is -0.125. The second kappa shape index (κ2) is 8.69. The lowest BCUT2D eigenvalue weighted by Crippen LogP contribution is -2.44. The molecule has 6 heteroatoms. The monoisotopic (exact) mass is 379 g/mol. The van der Waals surface area contributed by atoms with Gasteiger partial charge in [-0.05, 0) is 49.6 Å². The molecule has 0 saturated carbocycles. The highest BCUT2D eigenvalue weighted by atomic mass is 16.2. The van der Waals surface area contributed by atoms with Gasteiger partial charge in [0.2, 0.25) is 5.91 Å². The molecule has 1 heterocycles. The van der Waals surface area contributed by atoms with Crippen LogP contribution in [-0.4, -0.2) is 42.8 Å². The molecule has 1 saturated heterocycles. The van der Waals surface area contributed by atoms with E-state index in [1.165, 1.54) is 0 Å². The molecular weight excluding hydrogens is 354 g/mol. The molecule has 2 N–H and O–H groups in total. The van der Waals surface area contributed by atoms with Crippen molar-refractivity contribution in [3.05, 3.63) is 65.2 Å². The number of hydrogen-bond acceptors (Lipinski definition) is 3. The van der Waals surface area contributed by atoms with Crippen molar-refractivity contribution < 1.29 is 14.4 Å². The standard InChI is InChI=1S/C22H25N3O3/c1-15-7-3-4-11-19(15)21(27)24-18-10-5-8-16(13-18)22(28)25-12-6-9-17(14-25)20(26)23-2/h3-5,7-8,10-11,13,17H,6,9,12,14H2,1-2H3,(H,23,26)(H,24,27)/t17-/m0/s1. The molecule has 2 aromatic carbocycles. The quantitative estimate of drug-likeness (QED) is 0.857. The van der Waals surface area contributed by atoms with Crippen molar-refractivity contribution in [2.24, 2.45) is 5.92 Å². The summed E-state index contributed by atoms with van der Waals surface area (Å²) in [4.78, 5) is 39.0. The van der Waals surface area contributed by atoms with Crippen molar-refractivity contribution in [3.63, 3.8) is 0 Å². The maximum atomic E-state index is 12.9. The molecule has 0 radical (unpaired) electrons. The summed E-state index contributed by atoms with van der Waals surface area (Å²) in [6.45, 7) is 2.93. The zero-order chi connectivity index (χ0) is 20.1. The van der Waals surface area contributed by atoms with Gasteiger partial charge in [-0.15, -0.1) is 0 Å². The number of hydrogen-bond donors (Lipinski definition) is 2. The lowest BCUT2D eigenvalue weighted by Gasteiger charge is -2.32. The van der Waals surface area contributed by atoms with E-state index in [1.54, 1.807) is 42.3 Å². The van der Waals surface area contributed by atoms with Crippen molar-refractivity contribution >= 4 is 23.4 Å². The zero-order valence-corrected chi connectivity index (χ0v) is 16.2. The van der Waals surface area contributed by atoms with E-state index in [0.29, 0.717) is 29.9 Å². The molecule has 1 aliphatic rings. The number of rotatable bonds is 4. The third kappa shape index (κ3) is 4.39. The number of carbonyl (C=O) groups is 3. The van der Waals surface area contributed by atoms with E-state index in [9.17, 15) is 14.4 Å². The summed E-state index contributed by atoms with van der Waals surface area (Å²) in [6.07, 6.45) is 1.59. The van der Waals surface area contributed by atoms with Crippen LogP contribution in [0.1, 0.15) is 39.1 Å². The number of nitrogens with one attached hydrogen (secondary N) is 2. The van der Waals surface area contributed by atoms with Gasteiger partial charge in [0.05, 0.1) is 5.92 Å². The fraction of sp³-hybridized carbons (Fsp3) is 0.318. The maximum Gasteiger partial charge on any atom is 0.255 e. The molecule has 1 atom stereocenters. The number of carbonyl (C=O) groups excluding carboxylic acids is 3. The van der Waals surface area contributed by atoms with Crippen LogP contribution in [0.25, 0.3) is 0 Å². The van der Waals surface area contributed by atoms with Gasteiger partial charge in [0.1, 0.15) is 0 Å². The summed E-state index contributed by atoms with van der Waals surface area (Å²) in [6, 6.07) is 14.3. The number of benzene rings is 2. The van der Waals surface area contributed by atoms with Crippen molar-refractivity contribution in [1.82, 2.24) is 10.2 Å². The molecule has 3 rings (SSSR count). The van der Waals surface area contributed by atoms with Crippen molar-refractivity contribution in [1.29, 1.82) is 0 Å². The Morgan fingerprint density at radius 1 is 1.07 bits per heavy atom. The van der Waals surface area contributed by atoms with Crippen LogP contribution >= 0.6 is 0 Å². The SMILES string of the molecule is CNC(=O)[C@H]1CCCN(C(=O)c2cccc(NC(=O)c3ccccc3C)c2)C1. The Hall–Kier alpha value is -3.15. The zero-order valence-electron chi connectivity index (χ0n) is 16.2. The maximum absolute atomic E-state index is 12.9. The Bertz CT molecular complexity index is 894. The number of anilines is 1. The van der Waals surface area contributed by atoms with Crippen LogP contribution in [0.4, 0.5) is 5.69 Å². The van der Waals surface area contributed by atoms with Gasteiger partial charge in [0.15, 0.2) is 0 Å². The number of nitrogens with zero attached hydrogens (tertiary/aromatic N) is 1. The molecule has 0 bridgehead atoms. The number of piperidine rings is 1.